The zero-order valence-electron chi connectivity index (χ0n) is 17.8. The smallest absolute Gasteiger partial charge is 0.199 e. The summed E-state index contributed by atoms with van der Waals surface area (Å²) in [5.74, 6) is 0.179. The highest BCUT2D eigenvalue weighted by molar-refractivity contribution is 5.29. The van der Waals surface area contributed by atoms with Crippen molar-refractivity contribution in [1.82, 2.24) is 0 Å². The van der Waals surface area contributed by atoms with Crippen molar-refractivity contribution >= 4 is 0 Å². The first-order valence-corrected chi connectivity index (χ1v) is 11.4. The number of allylic oxidation sites excluding steroid dienone is 5. The topological polar surface area (TPSA) is 27.7 Å². The maximum Gasteiger partial charge on any atom is 0.199 e. The van der Waals surface area contributed by atoms with Crippen molar-refractivity contribution in [3.63, 3.8) is 0 Å². The molecule has 0 aromatic heterocycles. The zero-order chi connectivity index (χ0) is 20.6. The zero-order valence-corrected chi connectivity index (χ0v) is 17.8. The van der Waals surface area contributed by atoms with E-state index in [1.807, 2.05) is 6.08 Å². The number of rotatable bonds is 9. The molecule has 0 spiro atoms. The summed E-state index contributed by atoms with van der Waals surface area (Å²) in [5.41, 5.74) is 0. The van der Waals surface area contributed by atoms with E-state index in [0.717, 1.165) is 25.2 Å². The Balaban J connectivity index is 1.39. The summed E-state index contributed by atoms with van der Waals surface area (Å²) in [6, 6.07) is 0. The van der Waals surface area contributed by atoms with E-state index in [-0.39, 0.29) is 17.4 Å². The van der Waals surface area contributed by atoms with Gasteiger partial charge in [0.2, 0.25) is 0 Å². The second kappa shape index (κ2) is 11.1. The molecule has 0 amide bonds. The number of hydrogen-bond acceptors (Lipinski definition) is 3. The maximum absolute atomic E-state index is 14.2. The van der Waals surface area contributed by atoms with Crippen LogP contribution in [0.15, 0.2) is 35.8 Å². The molecule has 0 N–H and O–H groups in total. The van der Waals surface area contributed by atoms with Gasteiger partial charge in [0.15, 0.2) is 11.7 Å². The van der Waals surface area contributed by atoms with Gasteiger partial charge in [-0.1, -0.05) is 18.9 Å². The minimum absolute atomic E-state index is 0.0976. The molecule has 2 atom stereocenters. The second-order valence-corrected chi connectivity index (χ2v) is 8.68. The Hall–Kier alpha value is -1.36. The quantitative estimate of drug-likeness (QED) is 0.393. The first-order valence-electron chi connectivity index (χ1n) is 11.4. The van der Waals surface area contributed by atoms with E-state index < -0.39 is 11.7 Å². The lowest BCUT2D eigenvalue weighted by atomic mass is 9.76. The van der Waals surface area contributed by atoms with Gasteiger partial charge >= 0.3 is 0 Å². The molecule has 5 heteroatoms. The van der Waals surface area contributed by atoms with Gasteiger partial charge in [0.25, 0.3) is 0 Å². The average Bonchev–Trinajstić information content (AvgIpc) is 2.76. The molecule has 3 aliphatic rings. The van der Waals surface area contributed by atoms with Crippen LogP contribution >= 0.6 is 0 Å². The monoisotopic (exact) mass is 410 g/mol. The Morgan fingerprint density at radius 2 is 1.62 bits per heavy atom. The Labute approximate surface area is 174 Å². The van der Waals surface area contributed by atoms with E-state index in [1.165, 1.54) is 32.1 Å². The molecule has 2 unspecified atom stereocenters. The maximum atomic E-state index is 14.2. The van der Waals surface area contributed by atoms with Crippen LogP contribution in [0.2, 0.25) is 0 Å². The molecular weight excluding hydrogens is 374 g/mol. The molecule has 3 nitrogen and oxygen atoms in total. The summed E-state index contributed by atoms with van der Waals surface area (Å²) in [6.07, 6.45) is 12.7. The first kappa shape index (κ1) is 22.3. The van der Waals surface area contributed by atoms with E-state index in [9.17, 15) is 8.78 Å². The highest BCUT2D eigenvalue weighted by Crippen LogP contribution is 2.38. The van der Waals surface area contributed by atoms with Gasteiger partial charge in [0, 0.05) is 18.8 Å². The van der Waals surface area contributed by atoms with Crippen molar-refractivity contribution in [1.29, 1.82) is 0 Å². The van der Waals surface area contributed by atoms with Crippen LogP contribution in [0.4, 0.5) is 8.78 Å². The van der Waals surface area contributed by atoms with Crippen LogP contribution in [0.5, 0.6) is 0 Å². The van der Waals surface area contributed by atoms with Gasteiger partial charge in [-0.2, -0.15) is 8.78 Å². The van der Waals surface area contributed by atoms with Crippen molar-refractivity contribution in [3.8, 4) is 0 Å². The number of halogens is 2. The molecule has 0 aromatic carbocycles. The summed E-state index contributed by atoms with van der Waals surface area (Å²) in [6.45, 7) is 6.96. The molecule has 164 valence electrons. The van der Waals surface area contributed by atoms with E-state index in [0.29, 0.717) is 44.7 Å². The van der Waals surface area contributed by atoms with Gasteiger partial charge in [0.05, 0.1) is 25.9 Å². The van der Waals surface area contributed by atoms with Crippen LogP contribution in [0.3, 0.4) is 0 Å². The molecule has 0 radical (unpaired) electrons. The van der Waals surface area contributed by atoms with Crippen molar-refractivity contribution in [2.24, 2.45) is 17.8 Å². The van der Waals surface area contributed by atoms with Gasteiger partial charge in [-0.05, 0) is 57.3 Å². The van der Waals surface area contributed by atoms with Gasteiger partial charge < -0.3 is 14.2 Å². The van der Waals surface area contributed by atoms with Crippen LogP contribution < -0.4 is 0 Å². The minimum Gasteiger partial charge on any atom is -0.495 e. The SMILES string of the molecule is C=CCCC1CCC(C2CCC(COC3=C(F)C(F)=C(OCC)CC3)CO2)CC1. The molecule has 1 saturated heterocycles. The number of ether oxygens (including phenoxy) is 3. The lowest BCUT2D eigenvalue weighted by Crippen LogP contribution is -2.35. The Morgan fingerprint density at radius 3 is 2.21 bits per heavy atom. The van der Waals surface area contributed by atoms with E-state index in [4.69, 9.17) is 14.2 Å². The Bertz CT molecular complexity index is 597. The molecule has 1 aliphatic heterocycles. The van der Waals surface area contributed by atoms with E-state index in [1.54, 1.807) is 6.92 Å². The summed E-state index contributed by atoms with van der Waals surface area (Å²) in [4.78, 5) is 0. The van der Waals surface area contributed by atoms with Crippen LogP contribution in [-0.4, -0.2) is 25.9 Å². The molecule has 2 aliphatic carbocycles. The molecule has 3 rings (SSSR count). The molecule has 0 aromatic rings. The van der Waals surface area contributed by atoms with Crippen molar-refractivity contribution in [3.05, 3.63) is 35.8 Å². The second-order valence-electron chi connectivity index (χ2n) is 8.68. The summed E-state index contributed by atoms with van der Waals surface area (Å²) in [5, 5.41) is 0. The van der Waals surface area contributed by atoms with E-state index >= 15 is 0 Å². The summed E-state index contributed by atoms with van der Waals surface area (Å²) in [7, 11) is 0. The third kappa shape index (κ3) is 6.07. The van der Waals surface area contributed by atoms with Crippen molar-refractivity contribution in [2.75, 3.05) is 19.8 Å². The highest BCUT2D eigenvalue weighted by atomic mass is 19.2. The fourth-order valence-electron chi connectivity index (χ4n) is 4.89. The lowest BCUT2D eigenvalue weighted by molar-refractivity contribution is -0.0704. The van der Waals surface area contributed by atoms with Crippen molar-refractivity contribution in [2.45, 2.75) is 77.2 Å². The molecule has 0 bridgehead atoms. The molecule has 2 fully saturated rings. The standard InChI is InChI=1S/C24H36F2O3/c1-3-5-6-17-7-10-19(11-8-17)20-12-9-18(15-28-20)16-29-22-14-13-21(27-4-2)23(25)24(22)26/h3,17-20H,1,4-16H2,2H3. The third-order valence-electron chi connectivity index (χ3n) is 6.67. The third-order valence-corrected chi connectivity index (χ3v) is 6.67. The van der Waals surface area contributed by atoms with Crippen LogP contribution in [0.1, 0.15) is 71.1 Å². The lowest BCUT2D eigenvalue weighted by Gasteiger charge is -2.38. The predicted molar refractivity (Wildman–Crippen MR) is 110 cm³/mol. The van der Waals surface area contributed by atoms with Crippen LogP contribution in [-0.2, 0) is 14.2 Å². The van der Waals surface area contributed by atoms with Gasteiger partial charge in [-0.15, -0.1) is 6.58 Å². The molecule has 1 heterocycles. The highest BCUT2D eigenvalue weighted by Gasteiger charge is 2.32. The van der Waals surface area contributed by atoms with Crippen LogP contribution in [0.25, 0.3) is 0 Å². The van der Waals surface area contributed by atoms with Crippen LogP contribution in [0, 0.1) is 17.8 Å². The van der Waals surface area contributed by atoms with Crippen molar-refractivity contribution < 1.29 is 23.0 Å². The van der Waals surface area contributed by atoms with E-state index in [2.05, 4.69) is 6.58 Å². The average molecular weight is 411 g/mol. The molecule has 29 heavy (non-hydrogen) atoms. The summed E-state index contributed by atoms with van der Waals surface area (Å²) >= 11 is 0. The van der Waals surface area contributed by atoms with Gasteiger partial charge in [0.1, 0.15) is 11.5 Å². The predicted octanol–water partition coefficient (Wildman–Crippen LogP) is 6.76. The van der Waals surface area contributed by atoms with Gasteiger partial charge in [-0.3, -0.25) is 0 Å². The molecular formula is C24H36F2O3. The largest absolute Gasteiger partial charge is 0.495 e. The first-order chi connectivity index (χ1) is 14.1. The normalized spacial score (nSPS) is 31.0. The number of hydrogen-bond donors (Lipinski definition) is 0. The fraction of sp³-hybridized carbons (Fsp3) is 0.750. The molecule has 1 saturated carbocycles. The fourth-order valence-corrected chi connectivity index (χ4v) is 4.89. The van der Waals surface area contributed by atoms with Gasteiger partial charge in [-0.25, -0.2) is 0 Å². The summed E-state index contributed by atoms with van der Waals surface area (Å²) < 4.78 is 45.2. The Morgan fingerprint density at radius 1 is 0.966 bits per heavy atom. The minimum atomic E-state index is -0.906. The Kier molecular flexibility index (Phi) is 8.58.